The van der Waals surface area contributed by atoms with Crippen LogP contribution in [-0.4, -0.2) is 6.61 Å². The second-order valence-corrected chi connectivity index (χ2v) is 6.70. The molecule has 0 N–H and O–H groups in total. The average molecular weight is 437 g/mol. The molecular weight excluding hydrogens is 428 g/mol. The fourth-order valence-electron chi connectivity index (χ4n) is 2.10. The van der Waals surface area contributed by atoms with Crippen LogP contribution in [0.4, 0.5) is 0 Å². The molecule has 0 radical (unpaired) electrons. The molecule has 2 nitrogen and oxygen atoms in total. The molecule has 18 heavy (non-hydrogen) atoms. The van der Waals surface area contributed by atoms with E-state index >= 15 is 0 Å². The summed E-state index contributed by atoms with van der Waals surface area (Å²) in [5.41, 5.74) is 2.34. The third-order valence-corrected chi connectivity index (χ3v) is 4.72. The molecule has 1 unspecified atom stereocenters. The molecule has 1 aromatic carbocycles. The zero-order valence-electron chi connectivity index (χ0n) is 9.25. The number of fused-ring (bicyclic) bond motifs is 1. The van der Waals surface area contributed by atoms with Crippen LogP contribution in [0.25, 0.3) is 0 Å². The van der Waals surface area contributed by atoms with Crippen LogP contribution in [0.1, 0.15) is 21.7 Å². The van der Waals surface area contributed by atoms with Crippen molar-refractivity contribution in [1.82, 2.24) is 0 Å². The Morgan fingerprint density at radius 1 is 1.17 bits per heavy atom. The Labute approximate surface area is 130 Å². The molecule has 3 rings (SSSR count). The van der Waals surface area contributed by atoms with E-state index in [4.69, 9.17) is 9.15 Å². The largest absolute Gasteiger partial charge is 0.493 e. The standard InChI is InChI=1S/C13H9Br3O2/c14-8-5-7-3-4-17-13(7)9(6-8)12(16)10-1-2-11(15)18-10/h1-2,5-6,12H,3-4H2. The first-order valence-electron chi connectivity index (χ1n) is 5.49. The lowest BCUT2D eigenvalue weighted by atomic mass is 10.0. The fraction of sp³-hybridized carbons (Fsp3) is 0.231. The van der Waals surface area contributed by atoms with Gasteiger partial charge in [0, 0.05) is 16.5 Å². The van der Waals surface area contributed by atoms with Crippen LogP contribution in [0.15, 0.2) is 37.8 Å². The van der Waals surface area contributed by atoms with Gasteiger partial charge >= 0.3 is 0 Å². The van der Waals surface area contributed by atoms with E-state index in [0.717, 1.165) is 39.2 Å². The highest BCUT2D eigenvalue weighted by Crippen LogP contribution is 2.43. The summed E-state index contributed by atoms with van der Waals surface area (Å²) >= 11 is 10.5. The fourth-order valence-corrected chi connectivity index (χ4v) is 3.53. The highest BCUT2D eigenvalue weighted by molar-refractivity contribution is 9.10. The monoisotopic (exact) mass is 434 g/mol. The summed E-state index contributed by atoms with van der Waals surface area (Å²) in [5.74, 6) is 1.84. The van der Waals surface area contributed by atoms with Crippen molar-refractivity contribution in [2.24, 2.45) is 0 Å². The molecule has 0 amide bonds. The maximum absolute atomic E-state index is 5.73. The molecule has 94 valence electrons. The van der Waals surface area contributed by atoms with Crippen LogP contribution in [0.2, 0.25) is 0 Å². The second-order valence-electron chi connectivity index (χ2n) is 4.09. The van der Waals surface area contributed by atoms with Gasteiger partial charge in [-0.3, -0.25) is 0 Å². The van der Waals surface area contributed by atoms with Crippen molar-refractivity contribution in [3.05, 3.63) is 50.3 Å². The summed E-state index contributed by atoms with van der Waals surface area (Å²) in [6.07, 6.45) is 0.962. The summed E-state index contributed by atoms with van der Waals surface area (Å²) < 4.78 is 13.1. The minimum atomic E-state index is -0.00634. The van der Waals surface area contributed by atoms with Gasteiger partial charge in [-0.15, -0.1) is 0 Å². The molecule has 2 aromatic rings. The third-order valence-electron chi connectivity index (χ3n) is 2.89. The molecule has 1 aromatic heterocycles. The predicted molar refractivity (Wildman–Crippen MR) is 80.5 cm³/mol. The Morgan fingerprint density at radius 2 is 2.00 bits per heavy atom. The Balaban J connectivity index is 2.06. The molecule has 2 heterocycles. The van der Waals surface area contributed by atoms with Gasteiger partial charge in [0.05, 0.1) is 6.61 Å². The van der Waals surface area contributed by atoms with E-state index in [9.17, 15) is 0 Å². The van der Waals surface area contributed by atoms with E-state index in [1.165, 1.54) is 5.56 Å². The zero-order chi connectivity index (χ0) is 12.7. The molecule has 5 heteroatoms. The van der Waals surface area contributed by atoms with Crippen LogP contribution in [-0.2, 0) is 6.42 Å². The van der Waals surface area contributed by atoms with E-state index in [1.54, 1.807) is 0 Å². The third kappa shape index (κ3) is 2.28. The first-order valence-corrected chi connectivity index (χ1v) is 8.00. The van der Waals surface area contributed by atoms with Crippen molar-refractivity contribution < 1.29 is 9.15 Å². The number of benzene rings is 1. The lowest BCUT2D eigenvalue weighted by Gasteiger charge is -2.13. The molecular formula is C13H9Br3O2. The number of hydrogen-bond acceptors (Lipinski definition) is 2. The van der Waals surface area contributed by atoms with Crippen molar-refractivity contribution in [3.63, 3.8) is 0 Å². The summed E-state index contributed by atoms with van der Waals surface area (Å²) in [4.78, 5) is -0.00634. The molecule has 0 bridgehead atoms. The van der Waals surface area contributed by atoms with Gasteiger partial charge in [0.25, 0.3) is 0 Å². The van der Waals surface area contributed by atoms with E-state index in [-0.39, 0.29) is 4.83 Å². The summed E-state index contributed by atoms with van der Waals surface area (Å²) in [5, 5.41) is 0. The maximum atomic E-state index is 5.73. The van der Waals surface area contributed by atoms with Crippen molar-refractivity contribution in [2.45, 2.75) is 11.2 Å². The lowest BCUT2D eigenvalue weighted by Crippen LogP contribution is -1.96. The Kier molecular flexibility index (Phi) is 3.56. The zero-order valence-corrected chi connectivity index (χ0v) is 14.0. The van der Waals surface area contributed by atoms with Crippen LogP contribution in [0, 0.1) is 0 Å². The molecule has 0 aliphatic carbocycles. The normalized spacial score (nSPS) is 15.3. The minimum absolute atomic E-state index is 0.00634. The van der Waals surface area contributed by atoms with Crippen LogP contribution in [0.3, 0.4) is 0 Å². The van der Waals surface area contributed by atoms with Crippen molar-refractivity contribution >= 4 is 47.8 Å². The summed E-state index contributed by atoms with van der Waals surface area (Å²) in [6.45, 7) is 0.750. The smallest absolute Gasteiger partial charge is 0.169 e. The first-order chi connectivity index (χ1) is 8.65. The predicted octanol–water partition coefficient (Wildman–Crippen LogP) is 5.22. The number of halogens is 3. The molecule has 1 atom stereocenters. The molecule has 1 aliphatic heterocycles. The summed E-state index contributed by atoms with van der Waals surface area (Å²) in [6, 6.07) is 8.03. The van der Waals surface area contributed by atoms with E-state index in [0.29, 0.717) is 0 Å². The first kappa shape index (κ1) is 12.8. The number of ether oxygens (including phenoxy) is 1. The van der Waals surface area contributed by atoms with Crippen LogP contribution >= 0.6 is 47.8 Å². The topological polar surface area (TPSA) is 22.4 Å². The van der Waals surface area contributed by atoms with Gasteiger partial charge in [-0.1, -0.05) is 31.9 Å². The molecule has 0 saturated heterocycles. The Hall–Kier alpha value is -0.260. The van der Waals surface area contributed by atoms with Gasteiger partial charge in [0.1, 0.15) is 16.3 Å². The Morgan fingerprint density at radius 3 is 2.72 bits per heavy atom. The van der Waals surface area contributed by atoms with Crippen molar-refractivity contribution in [3.8, 4) is 5.75 Å². The number of hydrogen-bond donors (Lipinski definition) is 0. The van der Waals surface area contributed by atoms with E-state index in [1.807, 2.05) is 12.1 Å². The van der Waals surface area contributed by atoms with Gasteiger partial charge in [-0.05, 0) is 45.8 Å². The average Bonchev–Trinajstić information content (AvgIpc) is 2.95. The minimum Gasteiger partial charge on any atom is -0.493 e. The summed E-state index contributed by atoms with van der Waals surface area (Å²) in [7, 11) is 0. The van der Waals surface area contributed by atoms with Gasteiger partial charge in [0.2, 0.25) is 0 Å². The second kappa shape index (κ2) is 5.02. The Bertz CT molecular complexity index is 592. The SMILES string of the molecule is Brc1cc2c(c(C(Br)c3ccc(Br)o3)c1)OCC2. The highest BCUT2D eigenvalue weighted by Gasteiger charge is 2.24. The molecule has 0 fully saturated rings. The van der Waals surface area contributed by atoms with Gasteiger partial charge in [-0.2, -0.15) is 0 Å². The number of furan rings is 1. The maximum Gasteiger partial charge on any atom is 0.169 e. The quantitative estimate of drug-likeness (QED) is 0.602. The lowest BCUT2D eigenvalue weighted by molar-refractivity contribution is 0.353. The molecule has 0 saturated carbocycles. The molecule has 1 aliphatic rings. The number of rotatable bonds is 2. The molecule has 0 spiro atoms. The van der Waals surface area contributed by atoms with E-state index in [2.05, 4.69) is 59.9 Å². The van der Waals surface area contributed by atoms with E-state index < -0.39 is 0 Å². The van der Waals surface area contributed by atoms with Crippen LogP contribution < -0.4 is 4.74 Å². The highest BCUT2D eigenvalue weighted by atomic mass is 79.9. The van der Waals surface area contributed by atoms with Gasteiger partial charge < -0.3 is 9.15 Å². The van der Waals surface area contributed by atoms with Crippen molar-refractivity contribution in [2.75, 3.05) is 6.61 Å². The van der Waals surface area contributed by atoms with Gasteiger partial charge in [0.15, 0.2) is 4.67 Å². The van der Waals surface area contributed by atoms with Gasteiger partial charge in [-0.25, -0.2) is 0 Å². The van der Waals surface area contributed by atoms with Crippen LogP contribution in [0.5, 0.6) is 5.75 Å². The van der Waals surface area contributed by atoms with Crippen molar-refractivity contribution in [1.29, 1.82) is 0 Å². The number of alkyl halides is 1.